The third kappa shape index (κ3) is 2.93. The van der Waals surface area contributed by atoms with Gasteiger partial charge in [0.1, 0.15) is 6.21 Å². The summed E-state index contributed by atoms with van der Waals surface area (Å²) in [5.41, 5.74) is 0.138. The number of anilines is 1. The minimum absolute atomic E-state index is 0.0945. The molecule has 0 saturated heterocycles. The summed E-state index contributed by atoms with van der Waals surface area (Å²) < 4.78 is 18.6. The molecule has 16 heavy (non-hydrogen) atoms. The van der Waals surface area contributed by atoms with Gasteiger partial charge in [0.2, 0.25) is 0 Å². The maximum atomic E-state index is 13.4. The van der Waals surface area contributed by atoms with Crippen LogP contribution in [0.2, 0.25) is 0 Å². The lowest BCUT2D eigenvalue weighted by Gasteiger charge is -2.09. The van der Waals surface area contributed by atoms with Crippen molar-refractivity contribution in [3.8, 4) is 5.75 Å². The summed E-state index contributed by atoms with van der Waals surface area (Å²) in [7, 11) is 1.28. The minimum Gasteiger partial charge on any atom is -0.492 e. The van der Waals surface area contributed by atoms with E-state index in [1.54, 1.807) is 0 Å². The molecule has 0 aromatic heterocycles. The molecule has 0 saturated carbocycles. The Balaban J connectivity index is 3.07. The number of hydrogen-bond acceptors (Lipinski definition) is 4. The fourth-order valence-corrected chi connectivity index (χ4v) is 1.51. The Labute approximate surface area is 99.0 Å². The van der Waals surface area contributed by atoms with Gasteiger partial charge in [-0.05, 0) is 12.1 Å². The van der Waals surface area contributed by atoms with E-state index in [4.69, 9.17) is 9.94 Å². The standard InChI is InChI=1S/C9H8BrFN2O3/c1-16-9-6(11)2-5(10)3-7(9)13-8(14)4-12-15/h2-4,15H,1H3,(H,13,14)/b12-4-. The number of amides is 1. The van der Waals surface area contributed by atoms with Gasteiger partial charge in [-0.1, -0.05) is 21.1 Å². The Morgan fingerprint density at radius 3 is 2.94 bits per heavy atom. The van der Waals surface area contributed by atoms with Crippen LogP contribution in [0.1, 0.15) is 0 Å². The van der Waals surface area contributed by atoms with E-state index >= 15 is 0 Å². The van der Waals surface area contributed by atoms with Crippen LogP contribution in [0.4, 0.5) is 10.1 Å². The van der Waals surface area contributed by atoms with Gasteiger partial charge in [0.15, 0.2) is 11.6 Å². The number of oxime groups is 1. The first-order valence-corrected chi connectivity index (χ1v) is 4.89. The molecule has 5 nitrogen and oxygen atoms in total. The molecule has 0 unspecified atom stereocenters. The monoisotopic (exact) mass is 290 g/mol. The Kier molecular flexibility index (Phi) is 4.24. The van der Waals surface area contributed by atoms with Crippen LogP contribution in [-0.4, -0.2) is 24.4 Å². The number of hydrogen-bond donors (Lipinski definition) is 2. The van der Waals surface area contributed by atoms with Gasteiger partial charge < -0.3 is 15.3 Å². The number of halogens is 2. The normalized spacial score (nSPS) is 10.4. The number of ether oxygens (including phenoxy) is 1. The Bertz CT molecular complexity index is 437. The summed E-state index contributed by atoms with van der Waals surface area (Å²) in [6.45, 7) is 0. The van der Waals surface area contributed by atoms with Crippen molar-refractivity contribution >= 4 is 33.7 Å². The van der Waals surface area contributed by atoms with E-state index in [1.807, 2.05) is 0 Å². The number of benzene rings is 1. The summed E-state index contributed by atoms with van der Waals surface area (Å²) in [6, 6.07) is 2.67. The Morgan fingerprint density at radius 2 is 2.38 bits per heavy atom. The molecule has 0 atom stereocenters. The summed E-state index contributed by atoms with van der Waals surface area (Å²) in [4.78, 5) is 11.1. The zero-order valence-corrected chi connectivity index (χ0v) is 9.78. The van der Waals surface area contributed by atoms with Gasteiger partial charge in [-0.2, -0.15) is 0 Å². The second kappa shape index (κ2) is 5.45. The molecule has 7 heteroatoms. The van der Waals surface area contributed by atoms with Crippen molar-refractivity contribution in [3.63, 3.8) is 0 Å². The summed E-state index contributed by atoms with van der Waals surface area (Å²) in [6.07, 6.45) is 0.651. The topological polar surface area (TPSA) is 70.9 Å². The van der Waals surface area contributed by atoms with Gasteiger partial charge >= 0.3 is 0 Å². The molecule has 0 heterocycles. The highest BCUT2D eigenvalue weighted by atomic mass is 79.9. The first-order chi connectivity index (χ1) is 7.58. The number of rotatable bonds is 3. The van der Waals surface area contributed by atoms with Crippen molar-refractivity contribution in [3.05, 3.63) is 22.4 Å². The third-order valence-corrected chi connectivity index (χ3v) is 2.10. The summed E-state index contributed by atoms with van der Waals surface area (Å²) in [5.74, 6) is -1.41. The molecule has 1 aromatic carbocycles. The molecule has 0 aliphatic rings. The van der Waals surface area contributed by atoms with Gasteiger partial charge in [-0.3, -0.25) is 4.79 Å². The third-order valence-electron chi connectivity index (χ3n) is 1.65. The second-order valence-electron chi connectivity index (χ2n) is 2.70. The quantitative estimate of drug-likeness (QED) is 0.508. The van der Waals surface area contributed by atoms with E-state index in [0.717, 1.165) is 0 Å². The van der Waals surface area contributed by atoms with E-state index < -0.39 is 11.7 Å². The van der Waals surface area contributed by atoms with Gasteiger partial charge in [-0.15, -0.1) is 0 Å². The molecule has 0 fully saturated rings. The van der Waals surface area contributed by atoms with Gasteiger partial charge in [0.25, 0.3) is 5.91 Å². The molecule has 0 bridgehead atoms. The molecule has 86 valence electrons. The maximum Gasteiger partial charge on any atom is 0.270 e. The van der Waals surface area contributed by atoms with Crippen LogP contribution in [0.25, 0.3) is 0 Å². The zero-order chi connectivity index (χ0) is 12.1. The number of methoxy groups -OCH3 is 1. The molecule has 0 spiro atoms. The zero-order valence-electron chi connectivity index (χ0n) is 8.20. The number of carbonyl (C=O) groups excluding carboxylic acids is 1. The predicted molar refractivity (Wildman–Crippen MR) is 59.6 cm³/mol. The average molecular weight is 291 g/mol. The van der Waals surface area contributed by atoms with Crippen LogP contribution in [-0.2, 0) is 4.79 Å². The molecule has 0 radical (unpaired) electrons. The van der Waals surface area contributed by atoms with E-state index in [2.05, 4.69) is 26.4 Å². The van der Waals surface area contributed by atoms with Gasteiger partial charge in [0.05, 0.1) is 12.8 Å². The maximum absolute atomic E-state index is 13.4. The Morgan fingerprint density at radius 1 is 1.69 bits per heavy atom. The number of nitrogens with zero attached hydrogens (tertiary/aromatic N) is 1. The lowest BCUT2D eigenvalue weighted by Crippen LogP contribution is -2.13. The van der Waals surface area contributed by atoms with E-state index in [-0.39, 0.29) is 11.4 Å². The highest BCUT2D eigenvalue weighted by molar-refractivity contribution is 9.10. The van der Waals surface area contributed by atoms with E-state index in [9.17, 15) is 9.18 Å². The van der Waals surface area contributed by atoms with Crippen LogP contribution in [0.3, 0.4) is 0 Å². The molecule has 1 rings (SSSR count). The lowest BCUT2D eigenvalue weighted by molar-refractivity contribution is -0.110. The van der Waals surface area contributed by atoms with Crippen molar-refractivity contribution in [1.29, 1.82) is 0 Å². The van der Waals surface area contributed by atoms with Crippen LogP contribution in [0.15, 0.2) is 21.8 Å². The fourth-order valence-electron chi connectivity index (χ4n) is 1.08. The first-order valence-electron chi connectivity index (χ1n) is 4.10. The fraction of sp³-hybridized carbons (Fsp3) is 0.111. The largest absolute Gasteiger partial charge is 0.492 e. The van der Waals surface area contributed by atoms with Crippen molar-refractivity contribution < 1.29 is 19.1 Å². The molecular weight excluding hydrogens is 283 g/mol. The highest BCUT2D eigenvalue weighted by Crippen LogP contribution is 2.31. The van der Waals surface area contributed by atoms with Crippen molar-refractivity contribution in [1.82, 2.24) is 0 Å². The molecule has 1 aromatic rings. The number of nitrogens with one attached hydrogen (secondary N) is 1. The smallest absolute Gasteiger partial charge is 0.270 e. The van der Waals surface area contributed by atoms with E-state index in [0.29, 0.717) is 10.7 Å². The van der Waals surface area contributed by atoms with Crippen molar-refractivity contribution in [2.45, 2.75) is 0 Å². The Hall–Kier alpha value is -1.63. The van der Waals surface area contributed by atoms with Gasteiger partial charge in [-0.25, -0.2) is 4.39 Å². The summed E-state index contributed by atoms with van der Waals surface area (Å²) in [5, 5.41) is 13.0. The van der Waals surface area contributed by atoms with Crippen LogP contribution < -0.4 is 10.1 Å². The SMILES string of the molecule is COc1c(F)cc(Br)cc1NC(=O)/C=N\O. The van der Waals surface area contributed by atoms with Crippen LogP contribution >= 0.6 is 15.9 Å². The molecular formula is C9H8BrFN2O3. The van der Waals surface area contributed by atoms with Crippen LogP contribution in [0.5, 0.6) is 5.75 Å². The van der Waals surface area contributed by atoms with E-state index in [1.165, 1.54) is 19.2 Å². The first kappa shape index (κ1) is 12.4. The number of carbonyl (C=O) groups is 1. The molecule has 1 amide bonds. The predicted octanol–water partition coefficient (Wildman–Crippen LogP) is 2.00. The molecule has 0 aliphatic heterocycles. The van der Waals surface area contributed by atoms with Crippen molar-refractivity contribution in [2.24, 2.45) is 5.16 Å². The molecule has 0 aliphatic carbocycles. The van der Waals surface area contributed by atoms with Crippen molar-refractivity contribution in [2.75, 3.05) is 12.4 Å². The highest BCUT2D eigenvalue weighted by Gasteiger charge is 2.12. The van der Waals surface area contributed by atoms with Gasteiger partial charge in [0, 0.05) is 4.47 Å². The lowest BCUT2D eigenvalue weighted by atomic mass is 10.2. The molecule has 2 N–H and O–H groups in total. The summed E-state index contributed by atoms with van der Waals surface area (Å²) >= 11 is 3.08. The van der Waals surface area contributed by atoms with Crippen LogP contribution in [0, 0.1) is 5.82 Å². The minimum atomic E-state index is -0.696. The average Bonchev–Trinajstić information content (AvgIpc) is 2.17. The second-order valence-corrected chi connectivity index (χ2v) is 3.62.